The normalized spacial score (nSPS) is 11.3. The largest absolute Gasteiger partial charge is 0.456 e. The molecule has 2 heteroatoms. The summed E-state index contributed by atoms with van der Waals surface area (Å²) >= 11 is 0. The Labute approximate surface area is 314 Å². The van der Waals surface area contributed by atoms with Crippen molar-refractivity contribution < 1.29 is 4.42 Å². The van der Waals surface area contributed by atoms with E-state index >= 15 is 0 Å². The van der Waals surface area contributed by atoms with Crippen LogP contribution in [0.2, 0.25) is 0 Å². The molecule has 0 radical (unpaired) electrons. The molecule has 0 fully saturated rings. The number of rotatable bonds is 7. The SMILES string of the molecule is c1ccc(-c2ccc(N(c3ccc(-c4ccccc4)c(-c4ccccc4)c3)c3ccc4oc5ccccc5c4c3-c3cccc4ccccc34)cc2)cc1. The van der Waals surface area contributed by atoms with E-state index in [9.17, 15) is 0 Å². The van der Waals surface area contributed by atoms with Crippen LogP contribution in [0.15, 0.2) is 217 Å². The summed E-state index contributed by atoms with van der Waals surface area (Å²) in [6.07, 6.45) is 0. The predicted molar refractivity (Wildman–Crippen MR) is 228 cm³/mol. The summed E-state index contributed by atoms with van der Waals surface area (Å²) in [5.41, 5.74) is 14.3. The van der Waals surface area contributed by atoms with E-state index < -0.39 is 0 Å². The lowest BCUT2D eigenvalue weighted by atomic mass is 9.91. The molecule has 1 aromatic heterocycles. The molecule has 0 atom stereocenters. The maximum Gasteiger partial charge on any atom is 0.136 e. The molecule has 0 spiro atoms. The van der Waals surface area contributed by atoms with Crippen molar-refractivity contribution >= 4 is 49.8 Å². The minimum Gasteiger partial charge on any atom is -0.456 e. The number of hydrogen-bond acceptors (Lipinski definition) is 2. The zero-order valence-corrected chi connectivity index (χ0v) is 29.6. The number of anilines is 3. The Morgan fingerprint density at radius 2 is 0.907 bits per heavy atom. The first-order valence-corrected chi connectivity index (χ1v) is 18.4. The highest BCUT2D eigenvalue weighted by molar-refractivity contribution is 6.19. The minimum absolute atomic E-state index is 0.867. The summed E-state index contributed by atoms with van der Waals surface area (Å²) < 4.78 is 6.56. The van der Waals surface area contributed by atoms with Gasteiger partial charge in [-0.1, -0.05) is 170 Å². The number of fused-ring (bicyclic) bond motifs is 4. The highest BCUT2D eigenvalue weighted by Crippen LogP contribution is 2.49. The van der Waals surface area contributed by atoms with Gasteiger partial charge in [-0.2, -0.15) is 0 Å². The van der Waals surface area contributed by atoms with Crippen molar-refractivity contribution in [2.45, 2.75) is 0 Å². The van der Waals surface area contributed by atoms with Gasteiger partial charge in [-0.05, 0) is 92.2 Å². The summed E-state index contributed by atoms with van der Waals surface area (Å²) in [7, 11) is 0. The quantitative estimate of drug-likeness (QED) is 0.166. The van der Waals surface area contributed by atoms with Gasteiger partial charge >= 0.3 is 0 Å². The van der Waals surface area contributed by atoms with Crippen LogP contribution >= 0.6 is 0 Å². The van der Waals surface area contributed by atoms with E-state index in [0.717, 1.165) is 50.1 Å². The van der Waals surface area contributed by atoms with Crippen LogP contribution in [0, 0.1) is 0 Å². The summed E-state index contributed by atoms with van der Waals surface area (Å²) in [4.78, 5) is 2.42. The van der Waals surface area contributed by atoms with Crippen LogP contribution < -0.4 is 4.90 Å². The Morgan fingerprint density at radius 1 is 0.333 bits per heavy atom. The van der Waals surface area contributed by atoms with Gasteiger partial charge in [0, 0.05) is 27.7 Å². The third-order valence-electron chi connectivity index (χ3n) is 10.5. The van der Waals surface area contributed by atoms with E-state index in [1.807, 2.05) is 6.07 Å². The summed E-state index contributed by atoms with van der Waals surface area (Å²) in [6.45, 7) is 0. The van der Waals surface area contributed by atoms with Crippen LogP contribution in [0.1, 0.15) is 0 Å². The number of para-hydroxylation sites is 1. The third kappa shape index (κ3) is 5.53. The fraction of sp³-hybridized carbons (Fsp3) is 0. The zero-order chi connectivity index (χ0) is 35.8. The van der Waals surface area contributed by atoms with Crippen molar-refractivity contribution in [2.24, 2.45) is 0 Å². The second kappa shape index (κ2) is 13.4. The molecular formula is C52H35NO. The molecule has 254 valence electrons. The van der Waals surface area contributed by atoms with Gasteiger partial charge in [-0.25, -0.2) is 0 Å². The van der Waals surface area contributed by atoms with Crippen LogP contribution in [-0.2, 0) is 0 Å². The topological polar surface area (TPSA) is 16.4 Å². The van der Waals surface area contributed by atoms with E-state index in [4.69, 9.17) is 4.42 Å². The monoisotopic (exact) mass is 689 g/mol. The molecule has 0 saturated heterocycles. The van der Waals surface area contributed by atoms with E-state index in [0.29, 0.717) is 0 Å². The summed E-state index contributed by atoms with van der Waals surface area (Å²) in [5.74, 6) is 0. The third-order valence-corrected chi connectivity index (χ3v) is 10.5. The van der Waals surface area contributed by atoms with Gasteiger partial charge in [0.1, 0.15) is 11.2 Å². The van der Waals surface area contributed by atoms with Crippen molar-refractivity contribution in [1.29, 1.82) is 0 Å². The molecule has 0 unspecified atom stereocenters. The highest BCUT2D eigenvalue weighted by Gasteiger charge is 2.24. The number of furan rings is 1. The molecule has 0 saturated carbocycles. The van der Waals surface area contributed by atoms with Crippen molar-refractivity contribution in [3.63, 3.8) is 0 Å². The lowest BCUT2D eigenvalue weighted by Gasteiger charge is -2.29. The molecule has 0 bridgehead atoms. The fourth-order valence-electron chi connectivity index (χ4n) is 7.97. The highest BCUT2D eigenvalue weighted by atomic mass is 16.3. The fourth-order valence-corrected chi connectivity index (χ4v) is 7.97. The molecule has 54 heavy (non-hydrogen) atoms. The van der Waals surface area contributed by atoms with Crippen LogP contribution in [0.4, 0.5) is 17.1 Å². The van der Waals surface area contributed by atoms with Gasteiger partial charge in [-0.15, -0.1) is 0 Å². The molecule has 0 N–H and O–H groups in total. The van der Waals surface area contributed by atoms with Crippen LogP contribution in [0.25, 0.3) is 77.2 Å². The Morgan fingerprint density at radius 3 is 1.65 bits per heavy atom. The van der Waals surface area contributed by atoms with E-state index in [1.54, 1.807) is 0 Å². The predicted octanol–water partition coefficient (Wildman–Crippen LogP) is 14.9. The minimum atomic E-state index is 0.867. The second-order valence-corrected chi connectivity index (χ2v) is 13.7. The summed E-state index contributed by atoms with van der Waals surface area (Å²) in [6, 6.07) is 75.9. The van der Waals surface area contributed by atoms with Gasteiger partial charge in [-0.3, -0.25) is 0 Å². The van der Waals surface area contributed by atoms with E-state index in [-0.39, 0.29) is 0 Å². The molecule has 10 aromatic rings. The molecule has 0 amide bonds. The van der Waals surface area contributed by atoms with Crippen molar-refractivity contribution in [1.82, 2.24) is 0 Å². The van der Waals surface area contributed by atoms with Crippen molar-refractivity contribution in [2.75, 3.05) is 4.90 Å². The van der Waals surface area contributed by atoms with Crippen molar-refractivity contribution in [3.8, 4) is 44.5 Å². The Kier molecular flexibility index (Phi) is 7.85. The van der Waals surface area contributed by atoms with E-state index in [2.05, 4.69) is 211 Å². The lowest BCUT2D eigenvalue weighted by Crippen LogP contribution is -2.12. The molecule has 0 aliphatic carbocycles. The molecule has 9 aromatic carbocycles. The number of nitrogens with zero attached hydrogens (tertiary/aromatic N) is 1. The Balaban J connectivity index is 1.29. The molecule has 2 nitrogen and oxygen atoms in total. The van der Waals surface area contributed by atoms with Crippen LogP contribution in [0.5, 0.6) is 0 Å². The number of hydrogen-bond donors (Lipinski definition) is 0. The molecular weight excluding hydrogens is 655 g/mol. The first-order chi connectivity index (χ1) is 26.8. The average Bonchev–Trinajstić information content (AvgIpc) is 3.64. The number of benzene rings is 9. The van der Waals surface area contributed by atoms with Gasteiger partial charge in [0.25, 0.3) is 0 Å². The van der Waals surface area contributed by atoms with Crippen LogP contribution in [0.3, 0.4) is 0 Å². The standard InChI is InChI=1S/C52H35NO/c1-4-15-36(16-5-1)37-27-29-41(30-28-37)53(42-31-32-44(38-17-6-2-7-18-38)47(35-42)40-19-8-3-9-20-40)48-33-34-50-52(46-24-12-13-26-49(46)54-50)51(48)45-25-14-22-39-21-10-11-23-43(39)45/h1-35H. The van der Waals surface area contributed by atoms with Crippen LogP contribution in [-0.4, -0.2) is 0 Å². The Bertz CT molecular complexity index is 2910. The molecule has 10 rings (SSSR count). The molecule has 1 heterocycles. The smallest absolute Gasteiger partial charge is 0.136 e. The maximum absolute atomic E-state index is 6.56. The van der Waals surface area contributed by atoms with Gasteiger partial charge < -0.3 is 9.32 Å². The Hall–Kier alpha value is -7.16. The van der Waals surface area contributed by atoms with Gasteiger partial charge in [0.15, 0.2) is 0 Å². The molecule has 0 aliphatic rings. The van der Waals surface area contributed by atoms with E-state index in [1.165, 1.54) is 44.2 Å². The molecule has 0 aliphatic heterocycles. The van der Waals surface area contributed by atoms with Crippen molar-refractivity contribution in [3.05, 3.63) is 212 Å². The second-order valence-electron chi connectivity index (χ2n) is 13.7. The van der Waals surface area contributed by atoms with Gasteiger partial charge in [0.05, 0.1) is 5.69 Å². The zero-order valence-electron chi connectivity index (χ0n) is 29.6. The maximum atomic E-state index is 6.56. The first kappa shape index (κ1) is 31.6. The summed E-state index contributed by atoms with van der Waals surface area (Å²) in [5, 5.41) is 4.60. The lowest BCUT2D eigenvalue weighted by molar-refractivity contribution is 0.669. The first-order valence-electron chi connectivity index (χ1n) is 18.4. The van der Waals surface area contributed by atoms with Gasteiger partial charge in [0.2, 0.25) is 0 Å². The average molecular weight is 690 g/mol.